The smallest absolute Gasteiger partial charge is 0.257 e. The molecular formula is C20H25NO3. The van der Waals surface area contributed by atoms with E-state index in [-0.39, 0.29) is 12.5 Å². The summed E-state index contributed by atoms with van der Waals surface area (Å²) in [4.78, 5) is 11.9. The van der Waals surface area contributed by atoms with Crippen LogP contribution in [0.3, 0.4) is 0 Å². The monoisotopic (exact) mass is 327 g/mol. The number of carbonyl (C=O) groups is 1. The summed E-state index contributed by atoms with van der Waals surface area (Å²) < 4.78 is 10.8. The van der Waals surface area contributed by atoms with Gasteiger partial charge in [0.15, 0.2) is 6.61 Å². The van der Waals surface area contributed by atoms with Gasteiger partial charge in [-0.3, -0.25) is 4.79 Å². The van der Waals surface area contributed by atoms with E-state index in [2.05, 4.69) is 24.4 Å². The Hall–Kier alpha value is -2.49. The SMILES string of the molecule is COc1ccc(CCNC(=O)COc2c(C)cc(C)cc2C)cc1. The van der Waals surface area contributed by atoms with Crippen LogP contribution < -0.4 is 14.8 Å². The quantitative estimate of drug-likeness (QED) is 0.848. The average molecular weight is 327 g/mol. The van der Waals surface area contributed by atoms with Crippen molar-refractivity contribution in [3.05, 3.63) is 58.7 Å². The molecule has 24 heavy (non-hydrogen) atoms. The molecule has 2 aromatic rings. The molecule has 0 spiro atoms. The number of nitrogens with one attached hydrogen (secondary N) is 1. The van der Waals surface area contributed by atoms with Gasteiger partial charge in [-0.1, -0.05) is 29.8 Å². The highest BCUT2D eigenvalue weighted by Gasteiger charge is 2.08. The van der Waals surface area contributed by atoms with Crippen LogP contribution in [0.15, 0.2) is 36.4 Å². The Morgan fingerprint density at radius 1 is 1.04 bits per heavy atom. The third-order valence-electron chi connectivity index (χ3n) is 3.85. The maximum absolute atomic E-state index is 11.9. The maximum atomic E-state index is 11.9. The van der Waals surface area contributed by atoms with Gasteiger partial charge in [0.05, 0.1) is 7.11 Å². The number of rotatable bonds is 7. The standard InChI is InChI=1S/C20H25NO3/c1-14-11-15(2)20(16(3)12-14)24-13-19(22)21-10-9-17-5-7-18(23-4)8-6-17/h5-8,11-12H,9-10,13H2,1-4H3,(H,21,22). The highest BCUT2D eigenvalue weighted by atomic mass is 16.5. The van der Waals surface area contributed by atoms with Crippen molar-refractivity contribution in [3.8, 4) is 11.5 Å². The van der Waals surface area contributed by atoms with Gasteiger partial charge in [0.1, 0.15) is 11.5 Å². The van der Waals surface area contributed by atoms with Crippen LogP contribution >= 0.6 is 0 Å². The van der Waals surface area contributed by atoms with Crippen molar-refractivity contribution in [2.75, 3.05) is 20.3 Å². The van der Waals surface area contributed by atoms with Crippen LogP contribution in [0.4, 0.5) is 0 Å². The molecule has 1 amide bonds. The summed E-state index contributed by atoms with van der Waals surface area (Å²) in [6, 6.07) is 12.0. The van der Waals surface area contributed by atoms with Crippen LogP contribution in [-0.2, 0) is 11.2 Å². The maximum Gasteiger partial charge on any atom is 0.257 e. The van der Waals surface area contributed by atoms with E-state index < -0.39 is 0 Å². The van der Waals surface area contributed by atoms with Crippen LogP contribution in [0.1, 0.15) is 22.3 Å². The lowest BCUT2D eigenvalue weighted by Crippen LogP contribution is -2.30. The molecule has 2 rings (SSSR count). The molecule has 0 aliphatic heterocycles. The fourth-order valence-electron chi connectivity index (χ4n) is 2.72. The summed E-state index contributed by atoms with van der Waals surface area (Å²) in [7, 11) is 1.65. The normalized spacial score (nSPS) is 10.3. The highest BCUT2D eigenvalue weighted by Crippen LogP contribution is 2.24. The van der Waals surface area contributed by atoms with E-state index in [1.165, 1.54) is 5.56 Å². The highest BCUT2D eigenvalue weighted by molar-refractivity contribution is 5.77. The predicted molar refractivity (Wildman–Crippen MR) is 95.9 cm³/mol. The Labute approximate surface area is 143 Å². The second-order valence-electron chi connectivity index (χ2n) is 5.96. The number of aryl methyl sites for hydroxylation is 3. The number of ether oxygens (including phenoxy) is 2. The first-order valence-corrected chi connectivity index (χ1v) is 8.10. The van der Waals surface area contributed by atoms with Gasteiger partial charge >= 0.3 is 0 Å². The first-order chi connectivity index (χ1) is 11.5. The van der Waals surface area contributed by atoms with Gasteiger partial charge in [0.2, 0.25) is 0 Å². The van der Waals surface area contributed by atoms with E-state index >= 15 is 0 Å². The second kappa shape index (κ2) is 8.39. The van der Waals surface area contributed by atoms with Gasteiger partial charge in [0.25, 0.3) is 5.91 Å². The summed E-state index contributed by atoms with van der Waals surface area (Å²) in [5, 5.41) is 2.89. The van der Waals surface area contributed by atoms with Crippen molar-refractivity contribution in [1.29, 1.82) is 0 Å². The lowest BCUT2D eigenvalue weighted by atomic mass is 10.1. The first-order valence-electron chi connectivity index (χ1n) is 8.10. The lowest BCUT2D eigenvalue weighted by Gasteiger charge is -2.13. The third kappa shape index (κ3) is 5.01. The van der Waals surface area contributed by atoms with Gasteiger partial charge in [0, 0.05) is 6.54 Å². The van der Waals surface area contributed by atoms with E-state index in [0.29, 0.717) is 6.54 Å². The van der Waals surface area contributed by atoms with Crippen molar-refractivity contribution < 1.29 is 14.3 Å². The topological polar surface area (TPSA) is 47.6 Å². The van der Waals surface area contributed by atoms with Crippen LogP contribution in [0, 0.1) is 20.8 Å². The average Bonchev–Trinajstić information content (AvgIpc) is 2.54. The van der Waals surface area contributed by atoms with Crippen LogP contribution in [0.5, 0.6) is 11.5 Å². The summed E-state index contributed by atoms with van der Waals surface area (Å²) in [6.07, 6.45) is 0.776. The van der Waals surface area contributed by atoms with Gasteiger partial charge in [-0.15, -0.1) is 0 Å². The van der Waals surface area contributed by atoms with Crippen molar-refractivity contribution in [3.63, 3.8) is 0 Å². The summed E-state index contributed by atoms with van der Waals surface area (Å²) in [5.41, 5.74) is 4.46. The zero-order chi connectivity index (χ0) is 17.5. The lowest BCUT2D eigenvalue weighted by molar-refractivity contribution is -0.123. The summed E-state index contributed by atoms with van der Waals surface area (Å²) in [6.45, 7) is 6.66. The zero-order valence-electron chi connectivity index (χ0n) is 14.8. The minimum atomic E-state index is -0.108. The Balaban J connectivity index is 1.77. The van der Waals surface area contributed by atoms with Crippen LogP contribution in [-0.4, -0.2) is 26.2 Å². The third-order valence-corrected chi connectivity index (χ3v) is 3.85. The first kappa shape index (κ1) is 17.9. The molecule has 128 valence electrons. The van der Waals surface area contributed by atoms with E-state index in [4.69, 9.17) is 9.47 Å². The fraction of sp³-hybridized carbons (Fsp3) is 0.350. The Morgan fingerprint density at radius 2 is 1.67 bits per heavy atom. The van der Waals surface area contributed by atoms with E-state index in [0.717, 1.165) is 34.6 Å². The molecule has 0 aliphatic rings. The summed E-state index contributed by atoms with van der Waals surface area (Å²) in [5.74, 6) is 1.52. The van der Waals surface area contributed by atoms with Crippen LogP contribution in [0.2, 0.25) is 0 Å². The molecule has 0 unspecified atom stereocenters. The molecule has 0 bridgehead atoms. The number of methoxy groups -OCH3 is 1. The Bertz CT molecular complexity index is 670. The Kier molecular flexibility index (Phi) is 6.24. The molecule has 0 atom stereocenters. The molecule has 0 fully saturated rings. The van der Waals surface area contributed by atoms with Gasteiger partial charge < -0.3 is 14.8 Å². The number of carbonyl (C=O) groups excluding carboxylic acids is 1. The van der Waals surface area contributed by atoms with Gasteiger partial charge in [-0.05, 0) is 56.0 Å². The van der Waals surface area contributed by atoms with E-state index in [1.807, 2.05) is 38.1 Å². The molecule has 1 N–H and O–H groups in total. The minimum absolute atomic E-state index is 0.0351. The van der Waals surface area contributed by atoms with Gasteiger partial charge in [-0.2, -0.15) is 0 Å². The molecular weight excluding hydrogens is 302 g/mol. The predicted octanol–water partition coefficient (Wildman–Crippen LogP) is 3.36. The van der Waals surface area contributed by atoms with Crippen molar-refractivity contribution in [2.24, 2.45) is 0 Å². The molecule has 0 saturated carbocycles. The Morgan fingerprint density at radius 3 is 2.25 bits per heavy atom. The summed E-state index contributed by atoms with van der Waals surface area (Å²) >= 11 is 0. The van der Waals surface area contributed by atoms with Crippen molar-refractivity contribution in [1.82, 2.24) is 5.32 Å². The molecule has 2 aromatic carbocycles. The molecule has 0 heterocycles. The van der Waals surface area contributed by atoms with Gasteiger partial charge in [-0.25, -0.2) is 0 Å². The molecule has 0 saturated heterocycles. The van der Waals surface area contributed by atoms with E-state index in [9.17, 15) is 4.79 Å². The molecule has 4 nitrogen and oxygen atoms in total. The molecule has 4 heteroatoms. The molecule has 0 aromatic heterocycles. The zero-order valence-corrected chi connectivity index (χ0v) is 14.8. The molecule has 0 aliphatic carbocycles. The van der Waals surface area contributed by atoms with Crippen LogP contribution in [0.25, 0.3) is 0 Å². The second-order valence-corrected chi connectivity index (χ2v) is 5.96. The van der Waals surface area contributed by atoms with Crippen molar-refractivity contribution in [2.45, 2.75) is 27.2 Å². The number of benzene rings is 2. The number of hydrogen-bond donors (Lipinski definition) is 1. The van der Waals surface area contributed by atoms with Crippen molar-refractivity contribution >= 4 is 5.91 Å². The van der Waals surface area contributed by atoms with E-state index in [1.54, 1.807) is 7.11 Å². The fourth-order valence-corrected chi connectivity index (χ4v) is 2.72. The minimum Gasteiger partial charge on any atom is -0.497 e. The largest absolute Gasteiger partial charge is 0.497 e. The number of amides is 1. The molecule has 0 radical (unpaired) electrons. The number of hydrogen-bond acceptors (Lipinski definition) is 3.